The Kier molecular flexibility index (Phi) is 2.49. The lowest BCUT2D eigenvalue weighted by Crippen LogP contribution is -2.14. The van der Waals surface area contributed by atoms with Gasteiger partial charge in [-0.3, -0.25) is 0 Å². The van der Waals surface area contributed by atoms with Gasteiger partial charge in [0.1, 0.15) is 0 Å². The second-order valence-corrected chi connectivity index (χ2v) is 4.64. The molecule has 0 atom stereocenters. The largest absolute Gasteiger partial charge is 0.360 e. The Morgan fingerprint density at radius 1 is 1.46 bits per heavy atom. The van der Waals surface area contributed by atoms with Gasteiger partial charge in [-0.1, -0.05) is 0 Å². The van der Waals surface area contributed by atoms with Gasteiger partial charge in [-0.2, -0.15) is 11.8 Å². The van der Waals surface area contributed by atoms with Crippen LogP contribution >= 0.6 is 11.8 Å². The van der Waals surface area contributed by atoms with Gasteiger partial charge in [-0.25, -0.2) is 9.95 Å². The van der Waals surface area contributed by atoms with Crippen LogP contribution in [0.5, 0.6) is 0 Å². The molecule has 72 valence electrons. The molecule has 1 N–H and O–H groups in total. The predicted molar refractivity (Wildman–Crippen MR) is 53.4 cm³/mol. The molecule has 0 spiro atoms. The van der Waals surface area contributed by atoms with E-state index in [-0.39, 0.29) is 5.63 Å². The van der Waals surface area contributed by atoms with Gasteiger partial charge in [-0.15, -0.1) is 0 Å². The van der Waals surface area contributed by atoms with E-state index in [1.807, 2.05) is 18.7 Å². The zero-order chi connectivity index (χ0) is 9.26. The molecule has 1 aromatic rings. The van der Waals surface area contributed by atoms with E-state index in [9.17, 15) is 4.79 Å². The van der Waals surface area contributed by atoms with Crippen molar-refractivity contribution in [2.45, 2.75) is 25.7 Å². The third-order valence-corrected chi connectivity index (χ3v) is 3.60. The molecular formula is C9H13NO2S. The minimum absolute atomic E-state index is 0.172. The first-order chi connectivity index (χ1) is 6.29. The van der Waals surface area contributed by atoms with Crippen LogP contribution in [-0.2, 0) is 0 Å². The zero-order valence-corrected chi connectivity index (χ0v) is 8.45. The monoisotopic (exact) mass is 199 g/mol. The van der Waals surface area contributed by atoms with Crippen molar-refractivity contribution in [1.29, 1.82) is 0 Å². The van der Waals surface area contributed by atoms with E-state index in [1.54, 1.807) is 0 Å². The molecule has 0 unspecified atom stereocenters. The molecule has 2 rings (SSSR count). The van der Waals surface area contributed by atoms with Gasteiger partial charge >= 0.3 is 5.63 Å². The summed E-state index contributed by atoms with van der Waals surface area (Å²) in [6, 6.07) is 0. The first-order valence-electron chi connectivity index (χ1n) is 4.54. The van der Waals surface area contributed by atoms with Crippen LogP contribution in [0.25, 0.3) is 0 Å². The maximum atomic E-state index is 11.3. The molecule has 4 heteroatoms. The third kappa shape index (κ3) is 1.68. The summed E-state index contributed by atoms with van der Waals surface area (Å²) in [4.78, 5) is 11.3. The zero-order valence-electron chi connectivity index (χ0n) is 7.63. The third-order valence-electron chi connectivity index (χ3n) is 2.55. The molecule has 0 saturated carbocycles. The number of rotatable bonds is 1. The fourth-order valence-corrected chi connectivity index (χ4v) is 2.95. The number of thioether (sulfide) groups is 1. The predicted octanol–water partition coefficient (Wildman–Crippen LogP) is 1.89. The molecule has 0 amide bonds. The highest BCUT2D eigenvalue weighted by Gasteiger charge is 2.22. The quantitative estimate of drug-likeness (QED) is 0.751. The fraction of sp³-hybridized carbons (Fsp3) is 0.667. The second kappa shape index (κ2) is 3.62. The molecular weight excluding hydrogens is 186 g/mol. The summed E-state index contributed by atoms with van der Waals surface area (Å²) in [5.41, 5.74) is 1.61. The number of hydrogen-bond donors (Lipinski definition) is 1. The van der Waals surface area contributed by atoms with E-state index in [4.69, 9.17) is 4.52 Å². The molecule has 3 nitrogen and oxygen atoms in total. The van der Waals surface area contributed by atoms with Gasteiger partial charge in [0.05, 0.1) is 11.3 Å². The Hall–Kier alpha value is -0.640. The van der Waals surface area contributed by atoms with Crippen LogP contribution in [-0.4, -0.2) is 16.7 Å². The molecule has 1 fully saturated rings. The van der Waals surface area contributed by atoms with Crippen LogP contribution < -0.4 is 5.63 Å². The first-order valence-corrected chi connectivity index (χ1v) is 5.70. The molecule has 0 bridgehead atoms. The molecule has 1 aromatic heterocycles. The second-order valence-electron chi connectivity index (χ2n) is 3.42. The fourth-order valence-electron chi connectivity index (χ4n) is 1.85. The van der Waals surface area contributed by atoms with Crippen molar-refractivity contribution in [3.63, 3.8) is 0 Å². The highest BCUT2D eigenvalue weighted by Crippen LogP contribution is 2.30. The van der Waals surface area contributed by atoms with Gasteiger partial charge in [0.25, 0.3) is 0 Å². The first kappa shape index (κ1) is 8.94. The van der Waals surface area contributed by atoms with Crippen molar-refractivity contribution in [2.75, 3.05) is 11.5 Å². The highest BCUT2D eigenvalue weighted by molar-refractivity contribution is 7.99. The van der Waals surface area contributed by atoms with Crippen molar-refractivity contribution in [3.8, 4) is 0 Å². The number of aromatic nitrogens is 1. The Balaban J connectivity index is 2.27. The number of aromatic amines is 1. The highest BCUT2D eigenvalue weighted by atomic mass is 32.2. The lowest BCUT2D eigenvalue weighted by atomic mass is 9.94. The summed E-state index contributed by atoms with van der Waals surface area (Å²) in [5.74, 6) is 2.74. The van der Waals surface area contributed by atoms with Gasteiger partial charge in [0.15, 0.2) is 0 Å². The number of H-pyrrole nitrogens is 1. The van der Waals surface area contributed by atoms with E-state index in [1.165, 1.54) is 0 Å². The molecule has 0 aromatic carbocycles. The summed E-state index contributed by atoms with van der Waals surface area (Å²) < 4.78 is 4.76. The number of nitrogens with one attached hydrogen (secondary N) is 1. The van der Waals surface area contributed by atoms with Crippen molar-refractivity contribution >= 4 is 11.8 Å². The Morgan fingerprint density at radius 3 is 2.69 bits per heavy atom. The van der Waals surface area contributed by atoms with Crippen LogP contribution in [0.15, 0.2) is 9.32 Å². The summed E-state index contributed by atoms with van der Waals surface area (Å²) in [6.07, 6.45) is 2.21. The summed E-state index contributed by atoms with van der Waals surface area (Å²) in [6.45, 7) is 1.90. The minimum Gasteiger partial charge on any atom is -0.339 e. The van der Waals surface area contributed by atoms with E-state index >= 15 is 0 Å². The maximum absolute atomic E-state index is 11.3. The number of hydrogen-bond acceptors (Lipinski definition) is 3. The van der Waals surface area contributed by atoms with Gasteiger partial charge < -0.3 is 4.52 Å². The minimum atomic E-state index is -0.172. The topological polar surface area (TPSA) is 46.0 Å². The summed E-state index contributed by atoms with van der Waals surface area (Å²) in [7, 11) is 0. The van der Waals surface area contributed by atoms with Crippen molar-refractivity contribution in [2.24, 2.45) is 0 Å². The maximum Gasteiger partial charge on any atom is 0.360 e. The van der Waals surface area contributed by atoms with Crippen LogP contribution in [0.1, 0.15) is 30.0 Å². The molecule has 2 heterocycles. The summed E-state index contributed by atoms with van der Waals surface area (Å²) in [5, 5.41) is 2.64. The van der Waals surface area contributed by atoms with Gasteiger partial charge in [0.2, 0.25) is 0 Å². The van der Waals surface area contributed by atoms with Crippen molar-refractivity contribution in [1.82, 2.24) is 5.16 Å². The summed E-state index contributed by atoms with van der Waals surface area (Å²) >= 11 is 1.96. The molecule has 1 saturated heterocycles. The lowest BCUT2D eigenvalue weighted by Gasteiger charge is -2.19. The van der Waals surface area contributed by atoms with Crippen molar-refractivity contribution < 1.29 is 4.52 Å². The van der Waals surface area contributed by atoms with Crippen LogP contribution in [0, 0.1) is 6.92 Å². The Morgan fingerprint density at radius 2 is 2.15 bits per heavy atom. The van der Waals surface area contributed by atoms with Gasteiger partial charge in [0, 0.05) is 0 Å². The standard InChI is InChI=1S/C9H13NO2S/c1-6-8(9(11)12-10-6)7-2-4-13-5-3-7/h7,10H,2-5H2,1H3. The Labute approximate surface area is 80.9 Å². The molecule has 1 aliphatic heterocycles. The van der Waals surface area contributed by atoms with Gasteiger partial charge in [-0.05, 0) is 37.2 Å². The normalized spacial score (nSPS) is 19.2. The van der Waals surface area contributed by atoms with Crippen LogP contribution in [0.2, 0.25) is 0 Å². The van der Waals surface area contributed by atoms with E-state index < -0.39 is 0 Å². The average molecular weight is 199 g/mol. The van der Waals surface area contributed by atoms with E-state index in [2.05, 4.69) is 5.16 Å². The average Bonchev–Trinajstić information content (AvgIpc) is 2.48. The van der Waals surface area contributed by atoms with Crippen molar-refractivity contribution in [3.05, 3.63) is 21.7 Å². The molecule has 1 aliphatic rings. The van der Waals surface area contributed by atoms with Crippen LogP contribution in [0.3, 0.4) is 0 Å². The lowest BCUT2D eigenvalue weighted by molar-refractivity contribution is 0.385. The Bertz CT molecular complexity index is 336. The van der Waals surface area contributed by atoms with E-state index in [0.29, 0.717) is 5.92 Å². The SMILES string of the molecule is Cc1[nH]oc(=O)c1C1CCSCC1. The smallest absolute Gasteiger partial charge is 0.339 e. The van der Waals surface area contributed by atoms with Crippen LogP contribution in [0.4, 0.5) is 0 Å². The number of aryl methyl sites for hydroxylation is 1. The van der Waals surface area contributed by atoms with E-state index in [0.717, 1.165) is 35.6 Å². The molecule has 13 heavy (non-hydrogen) atoms. The molecule has 0 radical (unpaired) electrons. The molecule has 0 aliphatic carbocycles.